The van der Waals surface area contributed by atoms with Crippen LogP contribution in [0.5, 0.6) is 11.5 Å². The average Bonchev–Trinajstić information content (AvgIpc) is 3.27. The van der Waals surface area contributed by atoms with Crippen molar-refractivity contribution in [3.63, 3.8) is 0 Å². The third-order valence-electron chi connectivity index (χ3n) is 5.27. The lowest BCUT2D eigenvalue weighted by Gasteiger charge is -2.31. The molecule has 0 aliphatic heterocycles. The molecule has 35 heavy (non-hydrogen) atoms. The Bertz CT molecular complexity index is 1460. The minimum absolute atomic E-state index is 0.0141. The molecule has 10 nitrogen and oxygen atoms in total. The van der Waals surface area contributed by atoms with Crippen molar-refractivity contribution in [1.82, 2.24) is 18.8 Å². The van der Waals surface area contributed by atoms with Gasteiger partial charge >= 0.3 is 17.4 Å². The minimum Gasteiger partial charge on any atom is -0.443 e. The first kappa shape index (κ1) is 24.4. The van der Waals surface area contributed by atoms with Gasteiger partial charge in [0.25, 0.3) is 5.56 Å². The number of hydrogen-bond acceptors (Lipinski definition) is 7. The second kappa shape index (κ2) is 9.47. The number of imidazole rings is 1. The summed E-state index contributed by atoms with van der Waals surface area (Å²) in [5, 5.41) is 0.957. The Labute approximate surface area is 208 Å². The maximum atomic E-state index is 13.5. The Morgan fingerprint density at radius 1 is 0.914 bits per heavy atom. The van der Waals surface area contributed by atoms with E-state index in [0.717, 1.165) is 15.6 Å². The SMILES string of the molecule is CCC(Oc1ccc(Cl)cc1)(Oc1ccc(Cl)cc1)C(=O)On1cnc2c1c(=O)n(C)c(=O)n2C. The monoisotopic (exact) mass is 518 g/mol. The van der Waals surface area contributed by atoms with E-state index in [2.05, 4.69) is 4.98 Å². The third-order valence-corrected chi connectivity index (χ3v) is 5.77. The normalized spacial score (nSPS) is 11.5. The van der Waals surface area contributed by atoms with Gasteiger partial charge in [-0.05, 0) is 48.5 Å². The Kier molecular flexibility index (Phi) is 6.60. The van der Waals surface area contributed by atoms with Crippen LogP contribution in [0.2, 0.25) is 10.0 Å². The molecule has 0 spiro atoms. The summed E-state index contributed by atoms with van der Waals surface area (Å²) in [7, 11) is 2.76. The summed E-state index contributed by atoms with van der Waals surface area (Å²) in [4.78, 5) is 48.1. The minimum atomic E-state index is -1.97. The maximum Gasteiger partial charge on any atom is 0.418 e. The van der Waals surface area contributed by atoms with Crippen LogP contribution in [0, 0.1) is 0 Å². The summed E-state index contributed by atoms with van der Waals surface area (Å²) < 4.78 is 14.9. The highest BCUT2D eigenvalue weighted by Crippen LogP contribution is 2.28. The van der Waals surface area contributed by atoms with Gasteiger partial charge in [0.2, 0.25) is 0 Å². The summed E-state index contributed by atoms with van der Waals surface area (Å²) in [6.45, 7) is 1.67. The van der Waals surface area contributed by atoms with Crippen molar-refractivity contribution >= 4 is 40.3 Å². The fraction of sp³-hybridized carbons (Fsp3) is 0.217. The fourth-order valence-electron chi connectivity index (χ4n) is 3.33. The van der Waals surface area contributed by atoms with Crippen LogP contribution in [0.3, 0.4) is 0 Å². The fourth-order valence-corrected chi connectivity index (χ4v) is 3.58. The number of ether oxygens (including phenoxy) is 2. The van der Waals surface area contributed by atoms with Crippen LogP contribution in [0.25, 0.3) is 11.2 Å². The highest BCUT2D eigenvalue weighted by atomic mass is 35.5. The van der Waals surface area contributed by atoms with Crippen LogP contribution in [0.15, 0.2) is 64.4 Å². The van der Waals surface area contributed by atoms with Crippen molar-refractivity contribution in [3.8, 4) is 11.5 Å². The highest BCUT2D eigenvalue weighted by molar-refractivity contribution is 6.30. The number of carbonyl (C=O) groups excluding carboxylic acids is 1. The van der Waals surface area contributed by atoms with E-state index in [9.17, 15) is 14.4 Å². The van der Waals surface area contributed by atoms with Gasteiger partial charge in [-0.3, -0.25) is 13.9 Å². The number of aromatic nitrogens is 4. The lowest BCUT2D eigenvalue weighted by molar-refractivity contribution is -0.193. The van der Waals surface area contributed by atoms with Gasteiger partial charge in [-0.2, -0.15) is 4.73 Å². The molecule has 2 heterocycles. The Hall–Kier alpha value is -3.76. The van der Waals surface area contributed by atoms with Crippen molar-refractivity contribution in [2.45, 2.75) is 19.1 Å². The average molecular weight is 519 g/mol. The Morgan fingerprint density at radius 2 is 1.43 bits per heavy atom. The predicted molar refractivity (Wildman–Crippen MR) is 129 cm³/mol. The molecular formula is C23H20Cl2N4O6. The summed E-state index contributed by atoms with van der Waals surface area (Å²) in [5.74, 6) is -2.36. The van der Waals surface area contributed by atoms with Crippen LogP contribution < -0.4 is 25.6 Å². The first-order valence-corrected chi connectivity index (χ1v) is 11.2. The molecule has 2 aromatic heterocycles. The zero-order valence-electron chi connectivity index (χ0n) is 18.9. The number of halogens is 2. The Morgan fingerprint density at radius 3 is 1.91 bits per heavy atom. The molecule has 4 rings (SSSR count). The zero-order valence-corrected chi connectivity index (χ0v) is 20.4. The van der Waals surface area contributed by atoms with Crippen LogP contribution in [-0.4, -0.2) is 30.6 Å². The van der Waals surface area contributed by atoms with Crippen LogP contribution >= 0.6 is 23.2 Å². The molecule has 182 valence electrons. The molecule has 0 aliphatic rings. The molecule has 0 saturated heterocycles. The molecule has 0 fully saturated rings. The van der Waals surface area contributed by atoms with Gasteiger partial charge in [0.15, 0.2) is 11.2 Å². The van der Waals surface area contributed by atoms with E-state index in [1.165, 1.54) is 18.7 Å². The molecule has 0 atom stereocenters. The van der Waals surface area contributed by atoms with Crippen LogP contribution in [-0.2, 0) is 18.9 Å². The summed E-state index contributed by atoms with van der Waals surface area (Å²) in [5.41, 5.74) is -1.32. The number of nitrogens with zero attached hydrogens (tertiary/aromatic N) is 4. The molecule has 0 unspecified atom stereocenters. The van der Waals surface area contributed by atoms with Crippen LogP contribution in [0.4, 0.5) is 0 Å². The number of rotatable bonds is 7. The maximum absolute atomic E-state index is 13.5. The molecular weight excluding hydrogens is 499 g/mol. The van der Waals surface area contributed by atoms with Gasteiger partial charge in [-0.25, -0.2) is 14.6 Å². The number of fused-ring (bicyclic) bond motifs is 1. The molecule has 0 N–H and O–H groups in total. The van der Waals surface area contributed by atoms with E-state index in [4.69, 9.17) is 37.5 Å². The van der Waals surface area contributed by atoms with E-state index in [0.29, 0.717) is 10.0 Å². The van der Waals surface area contributed by atoms with E-state index in [1.54, 1.807) is 55.5 Å². The van der Waals surface area contributed by atoms with Gasteiger partial charge in [-0.15, -0.1) is 0 Å². The molecule has 0 bridgehead atoms. The molecule has 12 heteroatoms. The van der Waals surface area contributed by atoms with E-state index in [-0.39, 0.29) is 29.1 Å². The molecule has 0 radical (unpaired) electrons. The van der Waals surface area contributed by atoms with Crippen molar-refractivity contribution in [3.05, 3.63) is 85.7 Å². The van der Waals surface area contributed by atoms with Crippen molar-refractivity contribution in [2.24, 2.45) is 14.1 Å². The van der Waals surface area contributed by atoms with Crippen LogP contribution in [0.1, 0.15) is 13.3 Å². The van der Waals surface area contributed by atoms with Gasteiger partial charge in [0, 0.05) is 30.6 Å². The van der Waals surface area contributed by atoms with Crippen molar-refractivity contribution in [2.75, 3.05) is 0 Å². The smallest absolute Gasteiger partial charge is 0.418 e. The van der Waals surface area contributed by atoms with Crippen molar-refractivity contribution < 1.29 is 19.1 Å². The van der Waals surface area contributed by atoms with E-state index >= 15 is 0 Å². The molecule has 4 aromatic rings. The quantitative estimate of drug-likeness (QED) is 0.346. The second-order valence-electron chi connectivity index (χ2n) is 7.55. The van der Waals surface area contributed by atoms with Crippen molar-refractivity contribution in [1.29, 1.82) is 0 Å². The van der Waals surface area contributed by atoms with E-state index < -0.39 is 23.0 Å². The lowest BCUT2D eigenvalue weighted by Crippen LogP contribution is -2.53. The predicted octanol–water partition coefficient (Wildman–Crippen LogP) is 2.96. The topological polar surface area (TPSA) is 107 Å². The number of aryl methyl sites for hydroxylation is 1. The molecule has 2 aromatic carbocycles. The van der Waals surface area contributed by atoms with Gasteiger partial charge in [0.05, 0.1) is 0 Å². The zero-order chi connectivity index (χ0) is 25.3. The molecule has 0 saturated carbocycles. The number of hydrogen-bond donors (Lipinski definition) is 0. The first-order chi connectivity index (χ1) is 16.6. The summed E-state index contributed by atoms with van der Waals surface area (Å²) in [6.07, 6.45) is 1.13. The summed E-state index contributed by atoms with van der Waals surface area (Å²) >= 11 is 11.9. The number of benzene rings is 2. The second-order valence-corrected chi connectivity index (χ2v) is 8.42. The van der Waals surface area contributed by atoms with Gasteiger partial charge in [0.1, 0.15) is 17.8 Å². The number of carbonyl (C=O) groups is 1. The molecule has 0 aliphatic carbocycles. The Balaban J connectivity index is 1.77. The standard InChI is InChI=1S/C23H20Cl2N4O6/c1-4-23(33-16-9-5-14(24)6-10-16,34-17-11-7-15(25)8-12-17)21(31)35-29-13-26-19-18(29)20(30)28(3)22(32)27(19)2/h5-13H,4H2,1-3H3. The van der Waals surface area contributed by atoms with Gasteiger partial charge < -0.3 is 14.3 Å². The van der Waals surface area contributed by atoms with E-state index in [1.807, 2.05) is 0 Å². The largest absolute Gasteiger partial charge is 0.443 e. The summed E-state index contributed by atoms with van der Waals surface area (Å²) in [6, 6.07) is 12.7. The van der Waals surface area contributed by atoms with Gasteiger partial charge in [-0.1, -0.05) is 30.1 Å². The first-order valence-electron chi connectivity index (χ1n) is 10.4. The molecule has 0 amide bonds. The third kappa shape index (κ3) is 4.62. The highest BCUT2D eigenvalue weighted by Gasteiger charge is 2.45. The lowest BCUT2D eigenvalue weighted by atomic mass is 10.2.